The summed E-state index contributed by atoms with van der Waals surface area (Å²) in [7, 11) is 1.73. The molecule has 0 aliphatic heterocycles. The minimum Gasteiger partial charge on any atom is -0.299 e. The number of benzene rings is 1. The highest BCUT2D eigenvalue weighted by atomic mass is 35.5. The van der Waals surface area contributed by atoms with Crippen molar-refractivity contribution in [2.75, 3.05) is 0 Å². The number of aromatic nitrogens is 2. The molecular formula is C11H10Cl2N2O. The Morgan fingerprint density at radius 3 is 2.38 bits per heavy atom. The van der Waals surface area contributed by atoms with Crippen LogP contribution in [0.5, 0.6) is 0 Å². The van der Waals surface area contributed by atoms with Crippen LogP contribution in [0.15, 0.2) is 29.2 Å². The topological polar surface area (TPSA) is 26.9 Å². The minimum absolute atomic E-state index is 0.101. The summed E-state index contributed by atoms with van der Waals surface area (Å²) in [4.78, 5) is 11.8. The van der Waals surface area contributed by atoms with Gasteiger partial charge in [-0.3, -0.25) is 9.13 Å². The van der Waals surface area contributed by atoms with Gasteiger partial charge in [-0.2, -0.15) is 0 Å². The maximum absolute atomic E-state index is 11.8. The van der Waals surface area contributed by atoms with Gasteiger partial charge in [0.1, 0.15) is 0 Å². The molecule has 0 atom stereocenters. The lowest BCUT2D eigenvalue weighted by atomic mass is 10.3. The van der Waals surface area contributed by atoms with Gasteiger partial charge in [0, 0.05) is 18.9 Å². The van der Waals surface area contributed by atoms with E-state index in [1.54, 1.807) is 36.0 Å². The maximum Gasteiger partial charge on any atom is 0.332 e. The number of aryl methyl sites for hydroxylation is 1. The number of hydrogen-bond acceptors (Lipinski definition) is 1. The van der Waals surface area contributed by atoms with Gasteiger partial charge >= 0.3 is 5.69 Å². The summed E-state index contributed by atoms with van der Waals surface area (Å²) in [6, 6.07) is 5.10. The molecule has 1 aromatic carbocycles. The highest BCUT2D eigenvalue weighted by Crippen LogP contribution is 2.23. The summed E-state index contributed by atoms with van der Waals surface area (Å²) in [5.74, 6) is 0. The van der Waals surface area contributed by atoms with Gasteiger partial charge in [-0.05, 0) is 25.1 Å². The van der Waals surface area contributed by atoms with Crippen LogP contribution >= 0.6 is 23.2 Å². The Morgan fingerprint density at radius 1 is 1.19 bits per heavy atom. The molecule has 1 aromatic heterocycles. The zero-order valence-corrected chi connectivity index (χ0v) is 10.4. The molecule has 0 bridgehead atoms. The molecule has 0 saturated carbocycles. The maximum atomic E-state index is 11.8. The average molecular weight is 257 g/mol. The van der Waals surface area contributed by atoms with Crippen molar-refractivity contribution in [2.24, 2.45) is 7.05 Å². The Kier molecular flexibility index (Phi) is 2.82. The fourth-order valence-corrected chi connectivity index (χ4v) is 1.75. The molecule has 0 aliphatic rings. The lowest BCUT2D eigenvalue weighted by molar-refractivity contribution is 0.803. The molecule has 84 valence electrons. The Bertz CT molecular complexity index is 599. The average Bonchev–Trinajstić information content (AvgIpc) is 2.50. The van der Waals surface area contributed by atoms with Crippen molar-refractivity contribution in [1.82, 2.24) is 9.13 Å². The lowest BCUT2D eigenvalue weighted by Gasteiger charge is -2.02. The summed E-state index contributed by atoms with van der Waals surface area (Å²) in [5.41, 5.74) is 1.50. The molecule has 0 saturated heterocycles. The van der Waals surface area contributed by atoms with Crippen LogP contribution < -0.4 is 5.69 Å². The molecule has 2 rings (SSSR count). The molecule has 0 aliphatic carbocycles. The smallest absolute Gasteiger partial charge is 0.299 e. The van der Waals surface area contributed by atoms with Crippen LogP contribution in [-0.4, -0.2) is 9.13 Å². The Hall–Kier alpha value is -1.19. The summed E-state index contributed by atoms with van der Waals surface area (Å²) >= 11 is 11.7. The predicted octanol–water partition coefficient (Wildman–Crippen LogP) is 2.79. The van der Waals surface area contributed by atoms with E-state index in [1.165, 1.54) is 4.57 Å². The van der Waals surface area contributed by atoms with Crippen molar-refractivity contribution in [2.45, 2.75) is 6.92 Å². The van der Waals surface area contributed by atoms with Crippen molar-refractivity contribution in [3.05, 3.63) is 50.6 Å². The molecule has 0 unspecified atom stereocenters. The van der Waals surface area contributed by atoms with E-state index < -0.39 is 0 Å². The van der Waals surface area contributed by atoms with E-state index in [4.69, 9.17) is 23.2 Å². The second kappa shape index (κ2) is 4.00. The number of imidazole rings is 1. The SMILES string of the molecule is Cc1cn(-c2ccc(Cl)c(Cl)c2)c(=O)n1C. The monoisotopic (exact) mass is 256 g/mol. The normalized spacial score (nSPS) is 10.8. The Balaban J connectivity index is 2.63. The van der Waals surface area contributed by atoms with Gasteiger partial charge in [0.05, 0.1) is 15.7 Å². The molecule has 1 heterocycles. The second-order valence-electron chi connectivity index (χ2n) is 3.58. The molecule has 5 heteroatoms. The van der Waals surface area contributed by atoms with Crippen LogP contribution in [-0.2, 0) is 7.05 Å². The third-order valence-corrected chi connectivity index (χ3v) is 3.26. The quantitative estimate of drug-likeness (QED) is 0.771. The summed E-state index contributed by atoms with van der Waals surface area (Å²) < 4.78 is 3.11. The highest BCUT2D eigenvalue weighted by molar-refractivity contribution is 6.42. The van der Waals surface area contributed by atoms with Crippen molar-refractivity contribution in [1.29, 1.82) is 0 Å². The summed E-state index contributed by atoms with van der Waals surface area (Å²) in [6.45, 7) is 1.87. The molecule has 16 heavy (non-hydrogen) atoms. The second-order valence-corrected chi connectivity index (χ2v) is 4.39. The first-order valence-corrected chi connectivity index (χ1v) is 5.46. The Labute approximate surface area is 103 Å². The van der Waals surface area contributed by atoms with Crippen molar-refractivity contribution in [3.8, 4) is 5.69 Å². The van der Waals surface area contributed by atoms with Gasteiger partial charge in [0.2, 0.25) is 0 Å². The third-order valence-electron chi connectivity index (χ3n) is 2.52. The molecule has 0 N–H and O–H groups in total. The first kappa shape index (κ1) is 11.3. The number of nitrogens with zero attached hydrogens (tertiary/aromatic N) is 2. The standard InChI is InChI=1S/C11H10Cl2N2O/c1-7-6-15(11(16)14(7)2)8-3-4-9(12)10(13)5-8/h3-6H,1-2H3. The van der Waals surface area contributed by atoms with Crippen LogP contribution in [0.3, 0.4) is 0 Å². The van der Waals surface area contributed by atoms with Gasteiger partial charge in [-0.25, -0.2) is 4.79 Å². The first-order chi connectivity index (χ1) is 7.50. The minimum atomic E-state index is -0.101. The fourth-order valence-electron chi connectivity index (χ4n) is 1.46. The van der Waals surface area contributed by atoms with Gasteiger partial charge in [-0.15, -0.1) is 0 Å². The van der Waals surface area contributed by atoms with E-state index in [0.717, 1.165) is 5.69 Å². The van der Waals surface area contributed by atoms with Crippen molar-refractivity contribution >= 4 is 23.2 Å². The third kappa shape index (κ3) is 1.77. The van der Waals surface area contributed by atoms with Gasteiger partial charge in [0.25, 0.3) is 0 Å². The molecule has 2 aromatic rings. The van der Waals surface area contributed by atoms with Crippen LogP contribution in [0, 0.1) is 6.92 Å². The van der Waals surface area contributed by atoms with Gasteiger partial charge in [-0.1, -0.05) is 23.2 Å². The molecule has 0 radical (unpaired) electrons. The van der Waals surface area contributed by atoms with E-state index in [9.17, 15) is 4.79 Å². The van der Waals surface area contributed by atoms with Gasteiger partial charge < -0.3 is 0 Å². The fraction of sp³-hybridized carbons (Fsp3) is 0.182. The molecule has 0 fully saturated rings. The molecule has 0 spiro atoms. The zero-order chi connectivity index (χ0) is 11.9. The van der Waals surface area contributed by atoms with Crippen LogP contribution in [0.1, 0.15) is 5.69 Å². The van der Waals surface area contributed by atoms with E-state index >= 15 is 0 Å². The predicted molar refractivity (Wildman–Crippen MR) is 65.8 cm³/mol. The zero-order valence-electron chi connectivity index (χ0n) is 8.87. The van der Waals surface area contributed by atoms with E-state index in [1.807, 2.05) is 6.92 Å². The van der Waals surface area contributed by atoms with E-state index in [0.29, 0.717) is 15.7 Å². The number of rotatable bonds is 1. The van der Waals surface area contributed by atoms with Crippen molar-refractivity contribution < 1.29 is 0 Å². The molecule has 3 nitrogen and oxygen atoms in total. The Morgan fingerprint density at radius 2 is 1.88 bits per heavy atom. The largest absolute Gasteiger partial charge is 0.332 e. The lowest BCUT2D eigenvalue weighted by Crippen LogP contribution is -2.21. The first-order valence-electron chi connectivity index (χ1n) is 4.71. The molecular weight excluding hydrogens is 247 g/mol. The van der Waals surface area contributed by atoms with Gasteiger partial charge in [0.15, 0.2) is 0 Å². The van der Waals surface area contributed by atoms with Crippen LogP contribution in [0.25, 0.3) is 5.69 Å². The highest BCUT2D eigenvalue weighted by Gasteiger charge is 2.07. The number of hydrogen-bond donors (Lipinski definition) is 0. The number of halogens is 2. The van der Waals surface area contributed by atoms with Crippen LogP contribution in [0.2, 0.25) is 10.0 Å². The van der Waals surface area contributed by atoms with E-state index in [-0.39, 0.29) is 5.69 Å². The summed E-state index contributed by atoms with van der Waals surface area (Å²) in [5, 5.41) is 0.915. The molecule has 0 amide bonds. The summed E-state index contributed by atoms with van der Waals surface area (Å²) in [6.07, 6.45) is 1.77. The van der Waals surface area contributed by atoms with Crippen molar-refractivity contribution in [3.63, 3.8) is 0 Å². The van der Waals surface area contributed by atoms with Crippen LogP contribution in [0.4, 0.5) is 0 Å². The van der Waals surface area contributed by atoms with E-state index in [2.05, 4.69) is 0 Å².